The van der Waals surface area contributed by atoms with Crippen molar-refractivity contribution in [2.45, 2.75) is 58.7 Å². The van der Waals surface area contributed by atoms with E-state index in [0.29, 0.717) is 13.1 Å². The number of esters is 1. The highest BCUT2D eigenvalue weighted by Gasteiger charge is 2.40. The summed E-state index contributed by atoms with van der Waals surface area (Å²) in [5.41, 5.74) is -0.0378. The number of hydrogen-bond acceptors (Lipinski definition) is 5. The SMILES string of the molecule is CC(CNC(=O)c1cc(F)cc(OC(F)F)c1)CC1(C)CN(CC(=O)OC2CCCC2)C1. The second-order valence-corrected chi connectivity index (χ2v) is 9.43. The average Bonchev–Trinajstić information content (AvgIpc) is 3.16. The van der Waals surface area contributed by atoms with Crippen LogP contribution in [0.2, 0.25) is 0 Å². The maximum Gasteiger partial charge on any atom is 0.387 e. The molecule has 1 aliphatic carbocycles. The maximum atomic E-state index is 13.6. The number of alkyl halides is 2. The summed E-state index contributed by atoms with van der Waals surface area (Å²) in [6, 6.07) is 2.87. The van der Waals surface area contributed by atoms with Gasteiger partial charge < -0.3 is 14.8 Å². The Balaban J connectivity index is 1.39. The Morgan fingerprint density at radius 2 is 1.91 bits per heavy atom. The lowest BCUT2D eigenvalue weighted by atomic mass is 9.75. The molecule has 6 nitrogen and oxygen atoms in total. The van der Waals surface area contributed by atoms with E-state index < -0.39 is 24.1 Å². The van der Waals surface area contributed by atoms with Crippen LogP contribution < -0.4 is 10.1 Å². The molecule has 1 aromatic carbocycles. The van der Waals surface area contributed by atoms with E-state index in [1.165, 1.54) is 0 Å². The van der Waals surface area contributed by atoms with Crippen LogP contribution >= 0.6 is 0 Å². The number of carbonyl (C=O) groups is 2. The van der Waals surface area contributed by atoms with Crippen LogP contribution in [0.1, 0.15) is 56.3 Å². The molecule has 1 unspecified atom stereocenters. The Morgan fingerprint density at radius 3 is 2.56 bits per heavy atom. The molecule has 1 N–H and O–H groups in total. The van der Waals surface area contributed by atoms with Crippen molar-refractivity contribution in [2.75, 3.05) is 26.2 Å². The molecular formula is C23H31F3N2O4. The Morgan fingerprint density at radius 1 is 1.22 bits per heavy atom. The highest BCUT2D eigenvalue weighted by atomic mass is 19.3. The fraction of sp³-hybridized carbons (Fsp3) is 0.652. The molecule has 0 aromatic heterocycles. The number of carbonyl (C=O) groups excluding carboxylic acids is 2. The van der Waals surface area contributed by atoms with Crippen molar-refractivity contribution >= 4 is 11.9 Å². The van der Waals surface area contributed by atoms with Crippen LogP contribution in [0.25, 0.3) is 0 Å². The zero-order chi connectivity index (χ0) is 23.3. The monoisotopic (exact) mass is 456 g/mol. The van der Waals surface area contributed by atoms with Crippen molar-refractivity contribution in [3.63, 3.8) is 0 Å². The number of hydrogen-bond donors (Lipinski definition) is 1. The van der Waals surface area contributed by atoms with Gasteiger partial charge in [0.1, 0.15) is 17.7 Å². The first kappa shape index (κ1) is 24.4. The fourth-order valence-electron chi connectivity index (χ4n) is 4.83. The minimum atomic E-state index is -3.10. The topological polar surface area (TPSA) is 67.9 Å². The zero-order valence-electron chi connectivity index (χ0n) is 18.5. The van der Waals surface area contributed by atoms with E-state index in [1.807, 2.05) is 6.92 Å². The van der Waals surface area contributed by atoms with Crippen molar-refractivity contribution in [3.8, 4) is 5.75 Å². The molecule has 1 saturated carbocycles. The summed E-state index contributed by atoms with van der Waals surface area (Å²) in [6.07, 6.45) is 5.08. The third-order valence-corrected chi connectivity index (χ3v) is 5.97. The van der Waals surface area contributed by atoms with Crippen LogP contribution in [0.4, 0.5) is 13.2 Å². The number of benzene rings is 1. The second-order valence-electron chi connectivity index (χ2n) is 9.43. The number of nitrogens with zero attached hydrogens (tertiary/aromatic N) is 1. The molecule has 2 aliphatic rings. The van der Waals surface area contributed by atoms with Crippen LogP contribution in [0.5, 0.6) is 5.75 Å². The second kappa shape index (κ2) is 10.6. The molecule has 178 valence electrons. The molecule has 2 fully saturated rings. The number of likely N-dealkylation sites (tertiary alicyclic amines) is 1. The summed E-state index contributed by atoms with van der Waals surface area (Å²) in [5, 5.41) is 2.72. The molecule has 1 amide bonds. The van der Waals surface area contributed by atoms with Gasteiger partial charge in [-0.15, -0.1) is 0 Å². The standard InChI is InChI=1S/C23H31F3N2O4/c1-15(11-27-21(30)16-7-17(24)9-19(8-16)32-22(25)26)10-23(2)13-28(14-23)12-20(29)31-18-5-3-4-6-18/h7-9,15,18,22H,3-6,10-14H2,1-2H3,(H,27,30). The third kappa shape index (κ3) is 7.12. The number of ether oxygens (including phenoxy) is 2. The molecule has 0 bridgehead atoms. The summed E-state index contributed by atoms with van der Waals surface area (Å²) in [6.45, 7) is 3.27. The summed E-state index contributed by atoms with van der Waals surface area (Å²) in [5.74, 6) is -1.79. The number of amides is 1. The summed E-state index contributed by atoms with van der Waals surface area (Å²) in [7, 11) is 0. The van der Waals surface area contributed by atoms with Crippen LogP contribution in [-0.4, -0.2) is 55.7 Å². The Bertz CT molecular complexity index is 808. The number of halogens is 3. The van der Waals surface area contributed by atoms with Gasteiger partial charge in [-0.3, -0.25) is 14.5 Å². The Hall–Kier alpha value is -2.29. The smallest absolute Gasteiger partial charge is 0.387 e. The van der Waals surface area contributed by atoms with E-state index in [9.17, 15) is 22.8 Å². The number of rotatable bonds is 10. The van der Waals surface area contributed by atoms with E-state index in [0.717, 1.165) is 63.4 Å². The van der Waals surface area contributed by atoms with Crippen LogP contribution in [0, 0.1) is 17.2 Å². The molecule has 1 aliphatic heterocycles. The molecular weight excluding hydrogens is 425 g/mol. The van der Waals surface area contributed by atoms with Gasteiger partial charge >= 0.3 is 12.6 Å². The molecule has 0 radical (unpaired) electrons. The molecule has 1 atom stereocenters. The summed E-state index contributed by atoms with van der Waals surface area (Å²) in [4.78, 5) is 26.5. The van der Waals surface area contributed by atoms with E-state index >= 15 is 0 Å². The maximum absolute atomic E-state index is 13.6. The van der Waals surface area contributed by atoms with E-state index in [1.54, 1.807) is 0 Å². The van der Waals surface area contributed by atoms with E-state index in [2.05, 4.69) is 21.9 Å². The molecule has 1 aromatic rings. The molecule has 32 heavy (non-hydrogen) atoms. The van der Waals surface area contributed by atoms with Crippen molar-refractivity contribution in [3.05, 3.63) is 29.6 Å². The molecule has 3 rings (SSSR count). The van der Waals surface area contributed by atoms with Crippen LogP contribution in [0.3, 0.4) is 0 Å². The molecule has 1 heterocycles. The van der Waals surface area contributed by atoms with Crippen molar-refractivity contribution < 1.29 is 32.2 Å². The largest absolute Gasteiger partial charge is 0.461 e. The highest BCUT2D eigenvalue weighted by Crippen LogP contribution is 2.36. The van der Waals surface area contributed by atoms with Crippen LogP contribution in [-0.2, 0) is 9.53 Å². The Kier molecular flexibility index (Phi) is 8.03. The quantitative estimate of drug-likeness (QED) is 0.540. The summed E-state index contributed by atoms with van der Waals surface area (Å²) >= 11 is 0. The zero-order valence-corrected chi connectivity index (χ0v) is 18.5. The van der Waals surface area contributed by atoms with Gasteiger partial charge in [0, 0.05) is 31.3 Å². The van der Waals surface area contributed by atoms with Gasteiger partial charge in [0.15, 0.2) is 0 Å². The lowest BCUT2D eigenvalue weighted by Gasteiger charge is -2.49. The lowest BCUT2D eigenvalue weighted by molar-refractivity contribution is -0.153. The summed E-state index contributed by atoms with van der Waals surface area (Å²) < 4.78 is 48.0. The molecule has 1 saturated heterocycles. The average molecular weight is 457 g/mol. The van der Waals surface area contributed by atoms with Gasteiger partial charge in [-0.1, -0.05) is 13.8 Å². The molecule has 0 spiro atoms. The fourth-order valence-corrected chi connectivity index (χ4v) is 4.83. The van der Waals surface area contributed by atoms with Gasteiger partial charge in [0.25, 0.3) is 5.91 Å². The first-order valence-corrected chi connectivity index (χ1v) is 11.1. The van der Waals surface area contributed by atoms with Crippen LogP contribution in [0.15, 0.2) is 18.2 Å². The first-order valence-electron chi connectivity index (χ1n) is 11.1. The van der Waals surface area contributed by atoms with Gasteiger partial charge in [-0.2, -0.15) is 8.78 Å². The number of nitrogens with one attached hydrogen (secondary N) is 1. The minimum absolute atomic E-state index is 0.0366. The van der Waals surface area contributed by atoms with Gasteiger partial charge in [0.2, 0.25) is 0 Å². The van der Waals surface area contributed by atoms with Gasteiger partial charge in [0.05, 0.1) is 6.54 Å². The van der Waals surface area contributed by atoms with E-state index in [4.69, 9.17) is 4.74 Å². The minimum Gasteiger partial charge on any atom is -0.461 e. The van der Waals surface area contributed by atoms with Crippen molar-refractivity contribution in [2.24, 2.45) is 11.3 Å². The third-order valence-electron chi connectivity index (χ3n) is 5.97. The van der Waals surface area contributed by atoms with Gasteiger partial charge in [-0.25, -0.2) is 4.39 Å². The van der Waals surface area contributed by atoms with Gasteiger partial charge in [-0.05, 0) is 55.6 Å². The normalized spacial score (nSPS) is 19.4. The highest BCUT2D eigenvalue weighted by molar-refractivity contribution is 5.94. The first-order chi connectivity index (χ1) is 15.1. The Labute approximate surface area is 186 Å². The van der Waals surface area contributed by atoms with E-state index in [-0.39, 0.29) is 29.0 Å². The van der Waals surface area contributed by atoms with Crippen molar-refractivity contribution in [1.82, 2.24) is 10.2 Å². The lowest BCUT2D eigenvalue weighted by Crippen LogP contribution is -2.57. The van der Waals surface area contributed by atoms with Crippen molar-refractivity contribution in [1.29, 1.82) is 0 Å². The molecule has 9 heteroatoms. The predicted molar refractivity (Wildman–Crippen MR) is 112 cm³/mol. The predicted octanol–water partition coefficient (Wildman–Crippen LogP) is 3.99.